The smallest absolute Gasteiger partial charge is 0.331 e. The van der Waals surface area contributed by atoms with Gasteiger partial charge in [-0.1, -0.05) is 48.9 Å². The largest absolute Gasteiger partial charge is 0.478 e. The summed E-state index contributed by atoms with van der Waals surface area (Å²) in [5.41, 5.74) is 4.43. The molecule has 0 spiro atoms. The zero-order valence-corrected chi connectivity index (χ0v) is 16.6. The number of hydrogen-bond acceptors (Lipinski definition) is 3. The van der Waals surface area contributed by atoms with Crippen molar-refractivity contribution in [3.63, 3.8) is 0 Å². The molecule has 28 heavy (non-hydrogen) atoms. The van der Waals surface area contributed by atoms with Crippen LogP contribution < -0.4 is 0 Å². The molecule has 0 radical (unpaired) electrons. The van der Waals surface area contributed by atoms with E-state index in [4.69, 9.17) is 0 Å². The standard InChI is InChI=1S/C24H28N2O2/c1-3-19(24(27)28)17-22-8-6-7-21(25-22)13-14-23(26-15-4-5-16-26)20-11-9-18(2)10-12-20/h6-14,17,23H,3-5,15-16H2,1-2H3,(H,27,28). The average Bonchev–Trinajstić information content (AvgIpc) is 3.22. The number of pyridine rings is 1. The number of carboxylic acids is 1. The highest BCUT2D eigenvalue weighted by Crippen LogP contribution is 2.27. The minimum absolute atomic E-state index is 0.231. The molecular formula is C24H28N2O2. The van der Waals surface area contributed by atoms with E-state index < -0.39 is 5.97 Å². The van der Waals surface area contributed by atoms with Gasteiger partial charge in [0, 0.05) is 5.57 Å². The topological polar surface area (TPSA) is 53.4 Å². The molecule has 146 valence electrons. The number of carbonyl (C=O) groups is 1. The third-order valence-corrected chi connectivity index (χ3v) is 5.17. The second-order valence-electron chi connectivity index (χ2n) is 7.27. The molecule has 1 saturated heterocycles. The Morgan fingerprint density at radius 3 is 2.46 bits per heavy atom. The fraction of sp³-hybridized carbons (Fsp3) is 0.333. The molecule has 3 rings (SSSR count). The van der Waals surface area contributed by atoms with Crippen molar-refractivity contribution in [1.29, 1.82) is 0 Å². The van der Waals surface area contributed by atoms with Gasteiger partial charge in [0.25, 0.3) is 0 Å². The minimum Gasteiger partial charge on any atom is -0.478 e. The van der Waals surface area contributed by atoms with E-state index in [1.807, 2.05) is 31.2 Å². The van der Waals surface area contributed by atoms with Crippen LogP contribution in [-0.2, 0) is 4.79 Å². The highest BCUT2D eigenvalue weighted by molar-refractivity contribution is 5.91. The van der Waals surface area contributed by atoms with Gasteiger partial charge in [-0.2, -0.15) is 0 Å². The highest BCUT2D eigenvalue weighted by atomic mass is 16.4. The van der Waals surface area contributed by atoms with Crippen LogP contribution >= 0.6 is 0 Å². The van der Waals surface area contributed by atoms with Crippen molar-refractivity contribution in [2.45, 2.75) is 39.2 Å². The third kappa shape index (κ3) is 5.17. The molecule has 4 heteroatoms. The molecule has 1 aliphatic rings. The first-order chi connectivity index (χ1) is 13.6. The second-order valence-corrected chi connectivity index (χ2v) is 7.27. The van der Waals surface area contributed by atoms with Gasteiger partial charge in [-0.05, 0) is 69.1 Å². The van der Waals surface area contributed by atoms with Gasteiger partial charge >= 0.3 is 5.97 Å². The summed E-state index contributed by atoms with van der Waals surface area (Å²) in [6.07, 6.45) is 8.86. The second kappa shape index (κ2) is 9.47. The maximum atomic E-state index is 11.2. The predicted molar refractivity (Wildman–Crippen MR) is 114 cm³/mol. The van der Waals surface area contributed by atoms with Crippen molar-refractivity contribution >= 4 is 18.1 Å². The van der Waals surface area contributed by atoms with E-state index in [1.54, 1.807) is 6.08 Å². The Balaban J connectivity index is 1.85. The zero-order chi connectivity index (χ0) is 19.9. The number of nitrogens with zero attached hydrogens (tertiary/aromatic N) is 2. The summed E-state index contributed by atoms with van der Waals surface area (Å²) in [4.78, 5) is 18.4. The molecular weight excluding hydrogens is 348 g/mol. The quantitative estimate of drug-likeness (QED) is 0.682. The third-order valence-electron chi connectivity index (χ3n) is 5.17. The fourth-order valence-corrected chi connectivity index (χ4v) is 3.55. The predicted octanol–water partition coefficient (Wildman–Crippen LogP) is 5.12. The summed E-state index contributed by atoms with van der Waals surface area (Å²) in [7, 11) is 0. The van der Waals surface area contributed by atoms with Gasteiger partial charge in [0.05, 0.1) is 17.4 Å². The lowest BCUT2D eigenvalue weighted by atomic mass is 10.0. The van der Waals surface area contributed by atoms with Gasteiger partial charge < -0.3 is 5.11 Å². The van der Waals surface area contributed by atoms with Crippen molar-refractivity contribution in [3.8, 4) is 0 Å². The first-order valence-electron chi connectivity index (χ1n) is 9.96. The van der Waals surface area contributed by atoms with Gasteiger partial charge in [-0.15, -0.1) is 0 Å². The molecule has 1 aromatic heterocycles. The van der Waals surface area contributed by atoms with Gasteiger partial charge in [-0.25, -0.2) is 9.78 Å². The average molecular weight is 377 g/mol. The number of rotatable bonds is 7. The molecule has 4 nitrogen and oxygen atoms in total. The van der Waals surface area contributed by atoms with Crippen molar-refractivity contribution < 1.29 is 9.90 Å². The van der Waals surface area contributed by atoms with Crippen LogP contribution in [0.4, 0.5) is 0 Å². The minimum atomic E-state index is -0.890. The van der Waals surface area contributed by atoms with Crippen molar-refractivity contribution in [3.05, 3.63) is 76.6 Å². The summed E-state index contributed by atoms with van der Waals surface area (Å²) in [5, 5.41) is 9.23. The SMILES string of the molecule is CCC(=Cc1cccc(C=CC(c2ccc(C)cc2)N2CCCC2)n1)C(=O)O. The first-order valence-corrected chi connectivity index (χ1v) is 9.96. The maximum Gasteiger partial charge on any atom is 0.331 e. The molecule has 0 saturated carbocycles. The lowest BCUT2D eigenvalue weighted by molar-refractivity contribution is -0.132. The van der Waals surface area contributed by atoms with Crippen LogP contribution in [0.3, 0.4) is 0 Å². The Labute approximate surface area is 167 Å². The molecule has 1 atom stereocenters. The van der Waals surface area contributed by atoms with Crippen LogP contribution in [0.25, 0.3) is 12.2 Å². The molecule has 1 aromatic carbocycles. The van der Waals surface area contributed by atoms with E-state index in [0.717, 1.165) is 18.8 Å². The molecule has 0 amide bonds. The van der Waals surface area contributed by atoms with Crippen molar-refractivity contribution in [1.82, 2.24) is 9.88 Å². The zero-order valence-electron chi connectivity index (χ0n) is 16.6. The van der Waals surface area contributed by atoms with Crippen LogP contribution in [0.15, 0.2) is 54.1 Å². The fourth-order valence-electron chi connectivity index (χ4n) is 3.55. The summed E-state index contributed by atoms with van der Waals surface area (Å²) >= 11 is 0. The van der Waals surface area contributed by atoms with E-state index in [1.165, 1.54) is 24.0 Å². The molecule has 1 N–H and O–H groups in total. The number of hydrogen-bond donors (Lipinski definition) is 1. The van der Waals surface area contributed by atoms with E-state index in [-0.39, 0.29) is 6.04 Å². The lowest BCUT2D eigenvalue weighted by Crippen LogP contribution is -2.24. The van der Waals surface area contributed by atoms with E-state index in [9.17, 15) is 9.90 Å². The van der Waals surface area contributed by atoms with Gasteiger partial charge in [-0.3, -0.25) is 4.90 Å². The molecule has 0 bridgehead atoms. The first kappa shape index (κ1) is 20.0. The molecule has 1 fully saturated rings. The molecule has 1 aliphatic heterocycles. The monoisotopic (exact) mass is 376 g/mol. The molecule has 2 heterocycles. The molecule has 1 unspecified atom stereocenters. The number of benzene rings is 1. The lowest BCUT2D eigenvalue weighted by Gasteiger charge is -2.25. The Morgan fingerprint density at radius 1 is 1.14 bits per heavy atom. The number of aliphatic carboxylic acids is 1. The van der Waals surface area contributed by atoms with Crippen LogP contribution in [0, 0.1) is 6.92 Å². The molecule has 2 aromatic rings. The normalized spacial score (nSPS) is 16.6. The van der Waals surface area contributed by atoms with Crippen molar-refractivity contribution in [2.24, 2.45) is 0 Å². The Kier molecular flexibility index (Phi) is 6.77. The maximum absolute atomic E-state index is 11.2. The summed E-state index contributed by atoms with van der Waals surface area (Å²) < 4.78 is 0. The van der Waals surface area contributed by atoms with Crippen LogP contribution in [-0.4, -0.2) is 34.0 Å². The van der Waals surface area contributed by atoms with Gasteiger partial charge in [0.2, 0.25) is 0 Å². The van der Waals surface area contributed by atoms with E-state index in [2.05, 4.69) is 47.1 Å². The summed E-state index contributed by atoms with van der Waals surface area (Å²) in [6.45, 7) is 6.16. The highest BCUT2D eigenvalue weighted by Gasteiger charge is 2.21. The van der Waals surface area contributed by atoms with Gasteiger partial charge in [0.15, 0.2) is 0 Å². The number of likely N-dealkylation sites (tertiary alicyclic amines) is 1. The Morgan fingerprint density at radius 2 is 1.82 bits per heavy atom. The Hall–Kier alpha value is -2.72. The summed E-state index contributed by atoms with van der Waals surface area (Å²) in [5.74, 6) is -0.890. The molecule has 0 aliphatic carbocycles. The van der Waals surface area contributed by atoms with Gasteiger partial charge in [0.1, 0.15) is 0 Å². The van der Waals surface area contributed by atoms with Crippen LogP contribution in [0.5, 0.6) is 0 Å². The van der Waals surface area contributed by atoms with E-state index >= 15 is 0 Å². The van der Waals surface area contributed by atoms with Crippen molar-refractivity contribution in [2.75, 3.05) is 13.1 Å². The number of carboxylic acid groups (broad SMARTS) is 1. The van der Waals surface area contributed by atoms with Crippen LogP contribution in [0.2, 0.25) is 0 Å². The number of aromatic nitrogens is 1. The Bertz CT molecular complexity index is 862. The summed E-state index contributed by atoms with van der Waals surface area (Å²) in [6, 6.07) is 14.7. The van der Waals surface area contributed by atoms with Crippen LogP contribution in [0.1, 0.15) is 54.7 Å². The van der Waals surface area contributed by atoms with E-state index in [0.29, 0.717) is 17.7 Å². The number of aryl methyl sites for hydroxylation is 1.